The fourth-order valence-electron chi connectivity index (χ4n) is 0.647. The summed E-state index contributed by atoms with van der Waals surface area (Å²) in [5.41, 5.74) is 5.26. The van der Waals surface area contributed by atoms with Gasteiger partial charge in [0.15, 0.2) is 0 Å². The van der Waals surface area contributed by atoms with Gasteiger partial charge in [0.05, 0.1) is 6.67 Å². The van der Waals surface area contributed by atoms with Gasteiger partial charge in [-0.2, -0.15) is 0 Å². The smallest absolute Gasteiger partial charge is 0.220 e. The molecule has 0 saturated carbocycles. The molecule has 0 unspecified atom stereocenters. The van der Waals surface area contributed by atoms with E-state index < -0.39 is 0 Å². The number of hydrogen-bond donors (Lipinski definition) is 1. The molecular weight excluding hydrogens is 116 g/mol. The third-order valence-electron chi connectivity index (χ3n) is 1.16. The van der Waals surface area contributed by atoms with Crippen LogP contribution in [0.2, 0.25) is 0 Å². The van der Waals surface area contributed by atoms with Gasteiger partial charge in [-0.05, 0) is 6.42 Å². The van der Waals surface area contributed by atoms with Gasteiger partial charge in [0.2, 0.25) is 5.91 Å². The largest absolute Gasteiger partial charge is 0.330 e. The van der Waals surface area contributed by atoms with Crippen LogP contribution in [0, 0.1) is 0 Å². The molecule has 0 rings (SSSR count). The summed E-state index contributed by atoms with van der Waals surface area (Å²) in [5.74, 6) is 0.0550. The molecule has 0 radical (unpaired) electrons. The van der Waals surface area contributed by atoms with E-state index in [-0.39, 0.29) is 5.91 Å². The monoisotopic (exact) mass is 130 g/mol. The van der Waals surface area contributed by atoms with E-state index >= 15 is 0 Å². The van der Waals surface area contributed by atoms with E-state index in [0.717, 1.165) is 13.0 Å². The lowest BCUT2D eigenvalue weighted by molar-refractivity contribution is -0.128. The van der Waals surface area contributed by atoms with Gasteiger partial charge in [0.1, 0.15) is 0 Å². The molecule has 0 heterocycles. The second-order valence-corrected chi connectivity index (χ2v) is 1.97. The van der Waals surface area contributed by atoms with Gasteiger partial charge in [-0.1, -0.05) is 6.92 Å². The van der Waals surface area contributed by atoms with Crippen molar-refractivity contribution in [2.75, 3.05) is 13.2 Å². The van der Waals surface area contributed by atoms with Crippen LogP contribution in [-0.4, -0.2) is 24.0 Å². The van der Waals surface area contributed by atoms with Gasteiger partial charge in [0, 0.05) is 13.5 Å². The molecule has 0 saturated heterocycles. The van der Waals surface area contributed by atoms with Crippen molar-refractivity contribution in [1.82, 2.24) is 4.90 Å². The minimum absolute atomic E-state index is 0.0550. The first kappa shape index (κ1) is 8.43. The van der Waals surface area contributed by atoms with Crippen LogP contribution >= 0.6 is 0 Å². The Morgan fingerprint density at radius 2 is 2.22 bits per heavy atom. The Bertz CT molecular complexity index is 93.1. The van der Waals surface area contributed by atoms with Crippen molar-refractivity contribution in [1.29, 1.82) is 0 Å². The number of hydrogen-bond acceptors (Lipinski definition) is 2. The Morgan fingerprint density at radius 3 is 2.33 bits per heavy atom. The van der Waals surface area contributed by atoms with Crippen molar-refractivity contribution in [2.45, 2.75) is 20.3 Å². The van der Waals surface area contributed by atoms with Crippen molar-refractivity contribution >= 4 is 5.91 Å². The van der Waals surface area contributed by atoms with Gasteiger partial charge in [-0.3, -0.25) is 4.79 Å². The quantitative estimate of drug-likeness (QED) is 0.553. The van der Waals surface area contributed by atoms with Crippen LogP contribution in [0.5, 0.6) is 0 Å². The van der Waals surface area contributed by atoms with E-state index in [1.165, 1.54) is 6.92 Å². The minimum atomic E-state index is 0.0550. The van der Waals surface area contributed by atoms with Crippen molar-refractivity contribution < 1.29 is 4.79 Å². The van der Waals surface area contributed by atoms with E-state index in [1.807, 2.05) is 6.92 Å². The number of carbonyl (C=O) groups excluding carboxylic acids is 1. The van der Waals surface area contributed by atoms with Crippen LogP contribution in [0.3, 0.4) is 0 Å². The summed E-state index contributed by atoms with van der Waals surface area (Å²) in [4.78, 5) is 12.2. The molecule has 0 aromatic carbocycles. The first-order valence-electron chi connectivity index (χ1n) is 3.18. The first-order chi connectivity index (χ1) is 4.22. The molecule has 9 heavy (non-hydrogen) atoms. The Balaban J connectivity index is 3.54. The van der Waals surface area contributed by atoms with Crippen molar-refractivity contribution in [3.8, 4) is 0 Å². The van der Waals surface area contributed by atoms with Crippen LogP contribution in [0.25, 0.3) is 0 Å². The molecule has 1 amide bonds. The molecule has 3 nitrogen and oxygen atoms in total. The Labute approximate surface area is 55.8 Å². The summed E-state index contributed by atoms with van der Waals surface area (Å²) in [5, 5.41) is 0. The fraction of sp³-hybridized carbons (Fsp3) is 0.833. The van der Waals surface area contributed by atoms with Crippen molar-refractivity contribution in [3.05, 3.63) is 0 Å². The standard InChI is InChI=1S/C6H14N2O/c1-3-4-8(5-7)6(2)9/h3-5,7H2,1-2H3. The van der Waals surface area contributed by atoms with Crippen LogP contribution in [0.1, 0.15) is 20.3 Å². The van der Waals surface area contributed by atoms with Gasteiger partial charge < -0.3 is 10.6 Å². The topological polar surface area (TPSA) is 46.3 Å². The molecule has 0 aromatic rings. The maximum absolute atomic E-state index is 10.6. The molecule has 3 heteroatoms. The van der Waals surface area contributed by atoms with Crippen molar-refractivity contribution in [2.24, 2.45) is 5.73 Å². The normalized spacial score (nSPS) is 9.22. The zero-order chi connectivity index (χ0) is 7.28. The second kappa shape index (κ2) is 4.32. The van der Waals surface area contributed by atoms with Crippen LogP contribution in [0.4, 0.5) is 0 Å². The molecule has 0 atom stereocenters. The van der Waals surface area contributed by atoms with Gasteiger partial charge in [-0.25, -0.2) is 0 Å². The number of rotatable bonds is 3. The van der Waals surface area contributed by atoms with E-state index in [2.05, 4.69) is 0 Å². The summed E-state index contributed by atoms with van der Waals surface area (Å²) < 4.78 is 0. The molecule has 0 fully saturated rings. The lowest BCUT2D eigenvalue weighted by Gasteiger charge is -2.16. The van der Waals surface area contributed by atoms with Gasteiger partial charge in [0.25, 0.3) is 0 Å². The molecule has 0 aliphatic carbocycles. The van der Waals surface area contributed by atoms with Crippen LogP contribution < -0.4 is 5.73 Å². The molecular formula is C6H14N2O. The summed E-state index contributed by atoms with van der Waals surface area (Å²) in [6.07, 6.45) is 0.969. The highest BCUT2D eigenvalue weighted by Gasteiger charge is 2.01. The first-order valence-corrected chi connectivity index (χ1v) is 3.18. The van der Waals surface area contributed by atoms with E-state index in [1.54, 1.807) is 4.90 Å². The maximum Gasteiger partial charge on any atom is 0.220 e. The number of amides is 1. The molecule has 0 aliphatic rings. The zero-order valence-corrected chi connectivity index (χ0v) is 6.05. The predicted octanol–water partition coefficient (Wildman–Crippen LogP) is 0.161. The maximum atomic E-state index is 10.6. The molecule has 2 N–H and O–H groups in total. The second-order valence-electron chi connectivity index (χ2n) is 1.97. The summed E-state index contributed by atoms with van der Waals surface area (Å²) >= 11 is 0. The van der Waals surface area contributed by atoms with Crippen molar-refractivity contribution in [3.63, 3.8) is 0 Å². The average Bonchev–Trinajstić information content (AvgIpc) is 1.82. The third-order valence-corrected chi connectivity index (χ3v) is 1.16. The molecule has 0 bridgehead atoms. The summed E-state index contributed by atoms with van der Waals surface area (Å²) in [6, 6.07) is 0. The Morgan fingerprint density at radius 1 is 1.67 bits per heavy atom. The SMILES string of the molecule is CCCN(CN)C(C)=O. The Kier molecular flexibility index (Phi) is 4.05. The molecule has 54 valence electrons. The lowest BCUT2D eigenvalue weighted by atomic mass is 10.4. The minimum Gasteiger partial charge on any atom is -0.330 e. The van der Waals surface area contributed by atoms with Gasteiger partial charge >= 0.3 is 0 Å². The molecule has 0 aromatic heterocycles. The molecule has 0 aliphatic heterocycles. The highest BCUT2D eigenvalue weighted by atomic mass is 16.2. The average molecular weight is 130 g/mol. The van der Waals surface area contributed by atoms with E-state index in [0.29, 0.717) is 6.67 Å². The fourth-order valence-corrected chi connectivity index (χ4v) is 0.647. The summed E-state index contributed by atoms with van der Waals surface area (Å²) in [6.45, 7) is 4.66. The predicted molar refractivity (Wildman–Crippen MR) is 36.7 cm³/mol. The number of nitrogens with zero attached hydrogens (tertiary/aromatic N) is 1. The van der Waals surface area contributed by atoms with E-state index in [9.17, 15) is 4.79 Å². The van der Waals surface area contributed by atoms with Gasteiger partial charge in [-0.15, -0.1) is 0 Å². The summed E-state index contributed by atoms with van der Waals surface area (Å²) in [7, 11) is 0. The number of nitrogens with two attached hydrogens (primary N) is 1. The lowest BCUT2D eigenvalue weighted by Crippen LogP contribution is -2.34. The number of carbonyl (C=O) groups is 1. The highest BCUT2D eigenvalue weighted by molar-refractivity contribution is 5.73. The molecule has 0 spiro atoms. The zero-order valence-electron chi connectivity index (χ0n) is 6.05. The van der Waals surface area contributed by atoms with Crippen LogP contribution in [-0.2, 0) is 4.79 Å². The van der Waals surface area contributed by atoms with Crippen LogP contribution in [0.15, 0.2) is 0 Å². The van der Waals surface area contributed by atoms with E-state index in [4.69, 9.17) is 5.73 Å². The third kappa shape index (κ3) is 3.08. The Hall–Kier alpha value is -0.570. The highest BCUT2D eigenvalue weighted by Crippen LogP contribution is 1.87.